The molecule has 8 nitrogen and oxygen atoms in total. The molecule has 0 saturated carbocycles. The summed E-state index contributed by atoms with van der Waals surface area (Å²) in [5, 5.41) is 16.5. The fourth-order valence-electron chi connectivity index (χ4n) is 1.03. The summed E-state index contributed by atoms with van der Waals surface area (Å²) in [6.07, 6.45) is -0.435. The molecule has 1 aromatic heterocycles. The minimum absolute atomic E-state index is 0.432. The molecular weight excluding hydrogens is 224 g/mol. The molecule has 2 N–H and O–H groups in total. The summed E-state index contributed by atoms with van der Waals surface area (Å²) in [6, 6.07) is 0. The Morgan fingerprint density at radius 3 is 2.65 bits per heavy atom. The lowest BCUT2D eigenvalue weighted by atomic mass is 10.2. The van der Waals surface area contributed by atoms with Crippen molar-refractivity contribution in [3.8, 4) is 0 Å². The Balaban J connectivity index is 2.17. The Labute approximate surface area is 99.7 Å². The first-order valence-corrected chi connectivity index (χ1v) is 5.31. The number of tetrazole rings is 1. The molecule has 1 amide bonds. The minimum atomic E-state index is -0.481. The molecule has 0 aliphatic carbocycles. The summed E-state index contributed by atoms with van der Waals surface area (Å²) >= 11 is 0. The van der Waals surface area contributed by atoms with Crippen molar-refractivity contribution in [3.05, 3.63) is 0 Å². The highest BCUT2D eigenvalue weighted by Crippen LogP contribution is 2.06. The van der Waals surface area contributed by atoms with E-state index in [4.69, 9.17) is 4.74 Å². The summed E-state index contributed by atoms with van der Waals surface area (Å²) in [5.41, 5.74) is -0.481. The molecule has 0 fully saturated rings. The molecule has 0 radical (unpaired) electrons. The summed E-state index contributed by atoms with van der Waals surface area (Å²) in [7, 11) is 1.73. The summed E-state index contributed by atoms with van der Waals surface area (Å²) in [4.78, 5) is 11.3. The number of aryl methyl sites for hydroxylation is 1. The molecule has 17 heavy (non-hydrogen) atoms. The van der Waals surface area contributed by atoms with E-state index >= 15 is 0 Å². The first-order valence-electron chi connectivity index (χ1n) is 5.31. The number of rotatable bonds is 4. The van der Waals surface area contributed by atoms with Crippen molar-refractivity contribution in [2.45, 2.75) is 26.4 Å². The van der Waals surface area contributed by atoms with Gasteiger partial charge in [-0.1, -0.05) is 5.10 Å². The largest absolute Gasteiger partial charge is 0.444 e. The van der Waals surface area contributed by atoms with Crippen molar-refractivity contribution in [3.63, 3.8) is 0 Å². The molecule has 0 unspecified atom stereocenters. The van der Waals surface area contributed by atoms with Crippen LogP contribution in [0.5, 0.6) is 0 Å². The lowest BCUT2D eigenvalue weighted by Crippen LogP contribution is -2.35. The van der Waals surface area contributed by atoms with Gasteiger partial charge in [0, 0.05) is 20.1 Å². The van der Waals surface area contributed by atoms with Crippen LogP contribution in [0, 0.1) is 0 Å². The number of amides is 1. The number of anilines is 1. The van der Waals surface area contributed by atoms with Gasteiger partial charge >= 0.3 is 6.09 Å². The zero-order valence-corrected chi connectivity index (χ0v) is 10.5. The number of hydrogen-bond donors (Lipinski definition) is 2. The molecule has 0 atom stereocenters. The van der Waals surface area contributed by atoms with E-state index in [0.717, 1.165) is 0 Å². The van der Waals surface area contributed by atoms with Gasteiger partial charge in [0.15, 0.2) is 0 Å². The topological polar surface area (TPSA) is 94.0 Å². The van der Waals surface area contributed by atoms with Crippen molar-refractivity contribution in [1.29, 1.82) is 0 Å². The molecule has 8 heteroatoms. The molecule has 0 saturated heterocycles. The zero-order chi connectivity index (χ0) is 12.9. The predicted molar refractivity (Wildman–Crippen MR) is 61.5 cm³/mol. The molecule has 0 aromatic carbocycles. The summed E-state index contributed by atoms with van der Waals surface area (Å²) in [6.45, 7) is 6.40. The smallest absolute Gasteiger partial charge is 0.407 e. The van der Waals surface area contributed by atoms with E-state index < -0.39 is 11.7 Å². The third kappa shape index (κ3) is 5.14. The van der Waals surface area contributed by atoms with Gasteiger partial charge in [-0.2, -0.15) is 0 Å². The highest BCUT2D eigenvalue weighted by Gasteiger charge is 2.15. The van der Waals surface area contributed by atoms with Crippen LogP contribution in [0.2, 0.25) is 0 Å². The Bertz CT molecular complexity index is 370. The molecule has 0 aliphatic rings. The quantitative estimate of drug-likeness (QED) is 0.730. The number of alkyl carbamates (subject to hydrolysis) is 1. The first-order chi connectivity index (χ1) is 7.88. The van der Waals surface area contributed by atoms with Gasteiger partial charge < -0.3 is 15.4 Å². The maximum Gasteiger partial charge on any atom is 0.407 e. The van der Waals surface area contributed by atoms with Crippen molar-refractivity contribution in [1.82, 2.24) is 25.5 Å². The maximum absolute atomic E-state index is 11.3. The monoisotopic (exact) mass is 242 g/mol. The molecule has 0 aliphatic heterocycles. The molecule has 1 heterocycles. The maximum atomic E-state index is 11.3. The number of aromatic nitrogens is 4. The van der Waals surface area contributed by atoms with E-state index in [-0.39, 0.29) is 0 Å². The zero-order valence-electron chi connectivity index (χ0n) is 10.5. The second-order valence-corrected chi connectivity index (χ2v) is 4.48. The minimum Gasteiger partial charge on any atom is -0.444 e. The Morgan fingerprint density at radius 2 is 2.12 bits per heavy atom. The van der Waals surface area contributed by atoms with Crippen molar-refractivity contribution >= 4 is 12.0 Å². The van der Waals surface area contributed by atoms with Gasteiger partial charge in [-0.3, -0.25) is 0 Å². The number of carbonyl (C=O) groups is 1. The third-order valence-corrected chi connectivity index (χ3v) is 1.70. The van der Waals surface area contributed by atoms with Crippen molar-refractivity contribution in [2.24, 2.45) is 7.05 Å². The second kappa shape index (κ2) is 5.46. The van der Waals surface area contributed by atoms with Crippen LogP contribution >= 0.6 is 0 Å². The van der Waals surface area contributed by atoms with Gasteiger partial charge in [-0.25, -0.2) is 9.48 Å². The van der Waals surface area contributed by atoms with Crippen molar-refractivity contribution in [2.75, 3.05) is 18.4 Å². The van der Waals surface area contributed by atoms with Gasteiger partial charge in [0.05, 0.1) is 0 Å². The van der Waals surface area contributed by atoms with Crippen LogP contribution in [0.4, 0.5) is 10.7 Å². The number of ether oxygens (including phenoxy) is 1. The first kappa shape index (κ1) is 13.2. The van der Waals surface area contributed by atoms with Gasteiger partial charge in [-0.15, -0.1) is 0 Å². The Morgan fingerprint density at radius 1 is 1.41 bits per heavy atom. The van der Waals surface area contributed by atoms with Crippen LogP contribution in [0.25, 0.3) is 0 Å². The van der Waals surface area contributed by atoms with Crippen molar-refractivity contribution < 1.29 is 9.53 Å². The van der Waals surface area contributed by atoms with E-state index in [0.29, 0.717) is 19.0 Å². The Kier molecular flexibility index (Phi) is 4.24. The van der Waals surface area contributed by atoms with Crippen LogP contribution < -0.4 is 10.6 Å². The standard InChI is InChI=1S/C9H18N6O2/c1-9(2,3)17-8(16)11-6-5-10-7-12-13-14-15(7)4/h5-6H2,1-4H3,(H,11,16)(H,10,12,14). The lowest BCUT2D eigenvalue weighted by Gasteiger charge is -2.19. The van der Waals surface area contributed by atoms with Gasteiger partial charge in [0.2, 0.25) is 5.95 Å². The normalized spacial score (nSPS) is 11.1. The fourth-order valence-corrected chi connectivity index (χ4v) is 1.03. The predicted octanol–water partition coefficient (Wildman–Crippen LogP) is 0.147. The van der Waals surface area contributed by atoms with Gasteiger partial charge in [0.1, 0.15) is 5.60 Å². The van der Waals surface area contributed by atoms with Crippen LogP contribution in [0.1, 0.15) is 20.8 Å². The fraction of sp³-hybridized carbons (Fsp3) is 0.778. The van der Waals surface area contributed by atoms with E-state index in [1.165, 1.54) is 4.68 Å². The van der Waals surface area contributed by atoms with Crippen LogP contribution in [0.15, 0.2) is 0 Å². The van der Waals surface area contributed by atoms with Crippen LogP contribution in [-0.2, 0) is 11.8 Å². The van der Waals surface area contributed by atoms with Gasteiger partial charge in [0.25, 0.3) is 0 Å². The van der Waals surface area contributed by atoms with Crippen LogP contribution in [-0.4, -0.2) is 45.0 Å². The highest BCUT2D eigenvalue weighted by molar-refractivity contribution is 5.67. The van der Waals surface area contributed by atoms with E-state index in [9.17, 15) is 4.79 Å². The summed E-state index contributed by atoms with van der Waals surface area (Å²) in [5.74, 6) is 0.552. The highest BCUT2D eigenvalue weighted by atomic mass is 16.6. The van der Waals surface area contributed by atoms with E-state index in [2.05, 4.69) is 26.2 Å². The number of nitrogens with zero attached hydrogens (tertiary/aromatic N) is 4. The molecule has 0 spiro atoms. The lowest BCUT2D eigenvalue weighted by molar-refractivity contribution is 0.0530. The summed E-state index contributed by atoms with van der Waals surface area (Å²) < 4.78 is 6.58. The Hall–Kier alpha value is -1.86. The SMILES string of the molecule is Cn1nnnc1NCCNC(=O)OC(C)(C)C. The third-order valence-electron chi connectivity index (χ3n) is 1.70. The molecule has 1 rings (SSSR count). The number of carbonyl (C=O) groups excluding carboxylic acids is 1. The van der Waals surface area contributed by atoms with Crippen LogP contribution in [0.3, 0.4) is 0 Å². The number of nitrogens with one attached hydrogen (secondary N) is 2. The van der Waals surface area contributed by atoms with Gasteiger partial charge in [-0.05, 0) is 31.2 Å². The van der Waals surface area contributed by atoms with E-state index in [1.807, 2.05) is 20.8 Å². The molecule has 96 valence electrons. The second-order valence-electron chi connectivity index (χ2n) is 4.48. The molecule has 1 aromatic rings. The number of hydrogen-bond acceptors (Lipinski definition) is 6. The molecule has 0 bridgehead atoms. The average Bonchev–Trinajstić information content (AvgIpc) is 2.56. The average molecular weight is 242 g/mol. The van der Waals surface area contributed by atoms with E-state index in [1.54, 1.807) is 7.05 Å². The molecular formula is C9H18N6O2.